The molecular formula is C17H18N6O4. The molecule has 0 aromatic carbocycles. The molecular weight excluding hydrogens is 352 g/mol. The molecule has 0 unspecified atom stereocenters. The number of amides is 1. The van der Waals surface area contributed by atoms with E-state index in [0.717, 1.165) is 0 Å². The fourth-order valence-electron chi connectivity index (χ4n) is 3.36. The molecule has 3 aromatic heterocycles. The van der Waals surface area contributed by atoms with E-state index >= 15 is 0 Å². The van der Waals surface area contributed by atoms with Crippen LogP contribution in [0.25, 0.3) is 5.65 Å². The van der Waals surface area contributed by atoms with Crippen molar-refractivity contribution in [3.8, 4) is 0 Å². The van der Waals surface area contributed by atoms with Crippen molar-refractivity contribution in [1.29, 1.82) is 0 Å². The number of nitro groups is 1. The molecule has 0 saturated carbocycles. The molecule has 27 heavy (non-hydrogen) atoms. The van der Waals surface area contributed by atoms with Gasteiger partial charge in [0.05, 0.1) is 6.20 Å². The molecule has 10 nitrogen and oxygen atoms in total. The summed E-state index contributed by atoms with van der Waals surface area (Å²) in [6.45, 7) is 2.78. The summed E-state index contributed by atoms with van der Waals surface area (Å²) in [7, 11) is 0. The number of aromatic nitrogens is 3. The highest BCUT2D eigenvalue weighted by Crippen LogP contribution is 2.32. The average Bonchev–Trinajstić information content (AvgIpc) is 3.25. The Kier molecular flexibility index (Phi) is 4.22. The second kappa shape index (κ2) is 6.71. The lowest BCUT2D eigenvalue weighted by atomic mass is 9.96. The normalized spacial score (nSPS) is 15.2. The predicted octanol–water partition coefficient (Wildman–Crippen LogP) is 2.39. The first-order chi connectivity index (χ1) is 13.0. The van der Waals surface area contributed by atoms with Gasteiger partial charge in [0.1, 0.15) is 5.76 Å². The van der Waals surface area contributed by atoms with E-state index < -0.39 is 4.92 Å². The van der Waals surface area contributed by atoms with Crippen LogP contribution in [0.5, 0.6) is 0 Å². The molecule has 140 valence electrons. The molecule has 4 rings (SSSR count). The van der Waals surface area contributed by atoms with Crippen LogP contribution in [0.1, 0.15) is 18.6 Å². The van der Waals surface area contributed by atoms with Gasteiger partial charge in [0.2, 0.25) is 17.4 Å². The molecule has 0 bridgehead atoms. The number of aryl methyl sites for hydroxylation is 1. The van der Waals surface area contributed by atoms with Crippen LogP contribution in [-0.2, 0) is 4.79 Å². The Morgan fingerprint density at radius 1 is 1.37 bits per heavy atom. The fraction of sp³-hybridized carbons (Fsp3) is 0.353. The van der Waals surface area contributed by atoms with Gasteiger partial charge >= 0.3 is 5.82 Å². The molecule has 0 radical (unpaired) electrons. The van der Waals surface area contributed by atoms with Crippen LogP contribution < -0.4 is 10.2 Å². The number of carbonyl (C=O) groups excluding carboxylic acids is 1. The number of carbonyl (C=O) groups is 1. The van der Waals surface area contributed by atoms with Gasteiger partial charge in [0.25, 0.3) is 0 Å². The van der Waals surface area contributed by atoms with Crippen molar-refractivity contribution in [2.45, 2.75) is 19.8 Å². The molecule has 1 aliphatic heterocycles. The maximum atomic E-state index is 12.4. The maximum absolute atomic E-state index is 12.4. The Morgan fingerprint density at radius 3 is 2.81 bits per heavy atom. The fourth-order valence-corrected chi connectivity index (χ4v) is 3.36. The van der Waals surface area contributed by atoms with Gasteiger partial charge in [-0.05, 0) is 30.8 Å². The van der Waals surface area contributed by atoms with Crippen molar-refractivity contribution in [3.63, 3.8) is 0 Å². The highest BCUT2D eigenvalue weighted by atomic mass is 16.6. The average molecular weight is 370 g/mol. The third-order valence-corrected chi connectivity index (χ3v) is 4.70. The van der Waals surface area contributed by atoms with Crippen LogP contribution >= 0.6 is 0 Å². The Hall–Kier alpha value is -3.43. The summed E-state index contributed by atoms with van der Waals surface area (Å²) in [5.74, 6) is 1.01. The van der Waals surface area contributed by atoms with E-state index in [1.165, 1.54) is 4.40 Å². The van der Waals surface area contributed by atoms with Crippen molar-refractivity contribution >= 4 is 29.0 Å². The monoisotopic (exact) mass is 370 g/mol. The van der Waals surface area contributed by atoms with E-state index in [1.807, 2.05) is 4.90 Å². The van der Waals surface area contributed by atoms with E-state index in [4.69, 9.17) is 4.52 Å². The van der Waals surface area contributed by atoms with Gasteiger partial charge in [-0.15, -0.1) is 0 Å². The predicted molar refractivity (Wildman–Crippen MR) is 96.7 cm³/mol. The number of hydrogen-bond donors (Lipinski definition) is 1. The lowest BCUT2D eigenvalue weighted by Crippen LogP contribution is -2.38. The second-order valence-electron chi connectivity index (χ2n) is 6.52. The van der Waals surface area contributed by atoms with Crippen LogP contribution in [0.4, 0.5) is 17.5 Å². The van der Waals surface area contributed by atoms with Gasteiger partial charge < -0.3 is 24.9 Å². The number of hydrogen-bond acceptors (Lipinski definition) is 7. The molecule has 0 aliphatic carbocycles. The molecule has 1 fully saturated rings. The lowest BCUT2D eigenvalue weighted by Gasteiger charge is -2.30. The number of rotatable bonds is 4. The van der Waals surface area contributed by atoms with Gasteiger partial charge in [-0.3, -0.25) is 4.79 Å². The van der Waals surface area contributed by atoms with Gasteiger partial charge in [-0.2, -0.15) is 9.38 Å². The van der Waals surface area contributed by atoms with Crippen molar-refractivity contribution in [2.75, 3.05) is 23.3 Å². The summed E-state index contributed by atoms with van der Waals surface area (Å²) in [5, 5.41) is 18.1. The third kappa shape index (κ3) is 3.21. The zero-order valence-electron chi connectivity index (χ0n) is 14.7. The SMILES string of the molecule is Cc1cc(NC(=O)C2CCN(c3nc4ccccn4c3[N+](=O)[O-])CC2)no1. The highest BCUT2D eigenvalue weighted by molar-refractivity contribution is 5.91. The van der Waals surface area contributed by atoms with E-state index in [0.29, 0.717) is 49.0 Å². The zero-order valence-corrected chi connectivity index (χ0v) is 14.7. The van der Waals surface area contributed by atoms with Crippen LogP contribution in [-0.4, -0.2) is 38.5 Å². The maximum Gasteiger partial charge on any atom is 0.372 e. The minimum absolute atomic E-state index is 0.0495. The number of anilines is 2. The summed E-state index contributed by atoms with van der Waals surface area (Å²) < 4.78 is 6.42. The van der Waals surface area contributed by atoms with Gasteiger partial charge in [0, 0.05) is 31.1 Å². The first-order valence-electron chi connectivity index (χ1n) is 8.63. The van der Waals surface area contributed by atoms with Gasteiger partial charge in [-0.25, -0.2) is 0 Å². The number of fused-ring (bicyclic) bond motifs is 1. The highest BCUT2D eigenvalue weighted by Gasteiger charge is 2.32. The quantitative estimate of drug-likeness (QED) is 0.553. The van der Waals surface area contributed by atoms with E-state index in [9.17, 15) is 14.9 Å². The second-order valence-corrected chi connectivity index (χ2v) is 6.52. The van der Waals surface area contributed by atoms with Crippen molar-refractivity contribution in [1.82, 2.24) is 14.5 Å². The summed E-state index contributed by atoms with van der Waals surface area (Å²) in [6, 6.07) is 6.91. The minimum atomic E-state index is -0.416. The molecule has 1 N–H and O–H groups in total. The van der Waals surface area contributed by atoms with Crippen LogP contribution in [0.2, 0.25) is 0 Å². The van der Waals surface area contributed by atoms with Gasteiger partial charge in [-0.1, -0.05) is 11.2 Å². The number of nitrogens with one attached hydrogen (secondary N) is 1. The number of piperidine rings is 1. The summed E-state index contributed by atoms with van der Waals surface area (Å²) in [5.41, 5.74) is 0.528. The van der Waals surface area contributed by atoms with Gasteiger partial charge in [0.15, 0.2) is 5.82 Å². The number of imidazole rings is 1. The molecule has 0 atom stereocenters. The zero-order chi connectivity index (χ0) is 19.0. The van der Waals surface area contributed by atoms with Crippen molar-refractivity contribution in [2.24, 2.45) is 5.92 Å². The minimum Gasteiger partial charge on any atom is -0.360 e. The van der Waals surface area contributed by atoms with Crippen LogP contribution in [0.15, 0.2) is 35.0 Å². The molecule has 1 amide bonds. The summed E-state index contributed by atoms with van der Waals surface area (Å²) in [4.78, 5) is 29.8. The standard InChI is InChI=1S/C17H18N6O4/c1-11-10-13(20-27-11)18-16(24)12-5-8-21(9-6-12)15-17(23(25)26)22-7-3-2-4-14(22)19-15/h2-4,7,10,12H,5-6,8-9H2,1H3,(H,18,20,24). The van der Waals surface area contributed by atoms with E-state index in [-0.39, 0.29) is 17.6 Å². The molecule has 4 heterocycles. The molecule has 1 aliphatic rings. The number of pyridine rings is 1. The first kappa shape index (κ1) is 17.0. The first-order valence-corrected chi connectivity index (χ1v) is 8.63. The van der Waals surface area contributed by atoms with Crippen molar-refractivity contribution < 1.29 is 14.2 Å². The molecule has 10 heteroatoms. The summed E-state index contributed by atoms with van der Waals surface area (Å²) >= 11 is 0. The van der Waals surface area contributed by atoms with E-state index in [2.05, 4.69) is 15.5 Å². The third-order valence-electron chi connectivity index (χ3n) is 4.70. The molecule has 3 aromatic rings. The topological polar surface area (TPSA) is 119 Å². The largest absolute Gasteiger partial charge is 0.372 e. The Labute approximate surface area is 153 Å². The van der Waals surface area contributed by atoms with Crippen molar-refractivity contribution in [3.05, 3.63) is 46.3 Å². The summed E-state index contributed by atoms with van der Waals surface area (Å²) in [6.07, 6.45) is 2.78. The lowest BCUT2D eigenvalue weighted by molar-refractivity contribution is -0.389. The Morgan fingerprint density at radius 2 is 2.15 bits per heavy atom. The smallest absolute Gasteiger partial charge is 0.360 e. The van der Waals surface area contributed by atoms with Crippen LogP contribution in [0, 0.1) is 23.0 Å². The molecule has 1 saturated heterocycles. The van der Waals surface area contributed by atoms with Crippen LogP contribution in [0.3, 0.4) is 0 Å². The number of nitrogens with zero attached hydrogens (tertiary/aromatic N) is 5. The Balaban J connectivity index is 1.48. The Bertz CT molecular complexity index is 1000. The molecule has 0 spiro atoms. The van der Waals surface area contributed by atoms with E-state index in [1.54, 1.807) is 37.4 Å².